The highest BCUT2D eigenvalue weighted by Gasteiger charge is 2.49. The van der Waals surface area contributed by atoms with Gasteiger partial charge in [0.1, 0.15) is 17.1 Å². The number of halogens is 1. The minimum absolute atomic E-state index is 0.0643. The molecule has 2 amide bonds. The summed E-state index contributed by atoms with van der Waals surface area (Å²) in [6.07, 6.45) is 7.67. The van der Waals surface area contributed by atoms with Crippen molar-refractivity contribution in [2.24, 2.45) is 0 Å². The number of rotatable bonds is 5. The second-order valence-corrected chi connectivity index (χ2v) is 9.01. The van der Waals surface area contributed by atoms with Crippen molar-refractivity contribution in [1.82, 2.24) is 19.8 Å². The van der Waals surface area contributed by atoms with Gasteiger partial charge in [-0.25, -0.2) is 14.2 Å². The molecular formula is C24H29FN4O4. The Morgan fingerprint density at radius 1 is 1.18 bits per heavy atom. The van der Waals surface area contributed by atoms with E-state index in [0.29, 0.717) is 5.56 Å². The number of benzene rings is 1. The number of ether oxygens (including phenoxy) is 1. The Bertz CT molecular complexity index is 1040. The number of carbonyl (C=O) groups is 3. The number of esters is 1. The van der Waals surface area contributed by atoms with Crippen LogP contribution in [-0.4, -0.2) is 50.9 Å². The molecule has 0 radical (unpaired) electrons. The van der Waals surface area contributed by atoms with Crippen molar-refractivity contribution in [1.29, 1.82) is 0 Å². The molecule has 1 aromatic heterocycles. The quantitative estimate of drug-likeness (QED) is 0.551. The summed E-state index contributed by atoms with van der Waals surface area (Å²) in [5.74, 6) is -1.85. The first-order valence-electron chi connectivity index (χ1n) is 11.3. The zero-order valence-corrected chi connectivity index (χ0v) is 19.0. The van der Waals surface area contributed by atoms with E-state index in [1.807, 2.05) is 0 Å². The first-order chi connectivity index (χ1) is 15.8. The van der Waals surface area contributed by atoms with E-state index in [1.165, 1.54) is 30.5 Å². The van der Waals surface area contributed by atoms with Gasteiger partial charge in [-0.05, 0) is 37.5 Å². The number of amides is 2. The number of fused-ring (bicyclic) bond motifs is 1. The van der Waals surface area contributed by atoms with Crippen LogP contribution >= 0.6 is 0 Å². The van der Waals surface area contributed by atoms with E-state index in [1.54, 1.807) is 23.6 Å². The number of imidazole rings is 1. The standard InChI is InChI=1S/C24H29FN4O4/c1-24(23(32)27-18-7-5-3-4-6-8-18)14-28-15-26-19(22(31)33-2)20(28)21(30)29(24)13-16-9-11-17(25)12-10-16/h9-12,15,18H,3-8,13-14H2,1-2H3,(H,27,32)/t24-/m0/s1. The Morgan fingerprint density at radius 3 is 2.48 bits per heavy atom. The molecule has 33 heavy (non-hydrogen) atoms. The molecule has 0 saturated heterocycles. The number of methoxy groups -OCH3 is 1. The fourth-order valence-electron chi connectivity index (χ4n) is 4.72. The minimum atomic E-state index is -1.22. The van der Waals surface area contributed by atoms with Crippen molar-refractivity contribution in [3.8, 4) is 0 Å². The summed E-state index contributed by atoms with van der Waals surface area (Å²) in [5.41, 5.74) is -0.550. The molecule has 1 atom stereocenters. The summed E-state index contributed by atoms with van der Waals surface area (Å²) in [6, 6.07) is 5.86. The molecule has 2 aliphatic rings. The average molecular weight is 457 g/mol. The molecular weight excluding hydrogens is 427 g/mol. The van der Waals surface area contributed by atoms with Gasteiger partial charge in [-0.15, -0.1) is 0 Å². The smallest absolute Gasteiger partial charge is 0.359 e. The fraction of sp³-hybridized carbons (Fsp3) is 0.500. The van der Waals surface area contributed by atoms with Crippen molar-refractivity contribution in [3.63, 3.8) is 0 Å². The third-order valence-electron chi connectivity index (χ3n) is 6.67. The minimum Gasteiger partial charge on any atom is -0.464 e. The summed E-state index contributed by atoms with van der Waals surface area (Å²) < 4.78 is 19.8. The molecule has 1 aromatic carbocycles. The lowest BCUT2D eigenvalue weighted by Gasteiger charge is -2.44. The van der Waals surface area contributed by atoms with Crippen molar-refractivity contribution < 1.29 is 23.5 Å². The van der Waals surface area contributed by atoms with Crippen LogP contribution in [0.5, 0.6) is 0 Å². The highest BCUT2D eigenvalue weighted by atomic mass is 19.1. The number of nitrogens with zero attached hydrogens (tertiary/aromatic N) is 3. The van der Waals surface area contributed by atoms with Gasteiger partial charge in [0.2, 0.25) is 5.91 Å². The summed E-state index contributed by atoms with van der Waals surface area (Å²) in [4.78, 5) is 45.0. The van der Waals surface area contributed by atoms with Crippen molar-refractivity contribution in [2.75, 3.05) is 7.11 Å². The van der Waals surface area contributed by atoms with E-state index in [9.17, 15) is 18.8 Å². The molecule has 1 saturated carbocycles. The van der Waals surface area contributed by atoms with Crippen LogP contribution in [0.2, 0.25) is 0 Å². The lowest BCUT2D eigenvalue weighted by atomic mass is 9.92. The molecule has 1 aliphatic heterocycles. The fourth-order valence-corrected chi connectivity index (χ4v) is 4.72. The molecule has 9 heteroatoms. The Labute approximate surface area is 192 Å². The van der Waals surface area contributed by atoms with E-state index < -0.39 is 17.4 Å². The molecule has 0 unspecified atom stereocenters. The van der Waals surface area contributed by atoms with Crippen LogP contribution in [0.3, 0.4) is 0 Å². The van der Waals surface area contributed by atoms with Gasteiger partial charge < -0.3 is 19.5 Å². The van der Waals surface area contributed by atoms with Crippen LogP contribution in [0.15, 0.2) is 30.6 Å². The molecule has 1 aliphatic carbocycles. The summed E-state index contributed by atoms with van der Waals surface area (Å²) in [6.45, 7) is 1.94. The van der Waals surface area contributed by atoms with Crippen LogP contribution in [0, 0.1) is 5.82 Å². The predicted molar refractivity (Wildman–Crippen MR) is 118 cm³/mol. The molecule has 1 fully saturated rings. The van der Waals surface area contributed by atoms with E-state index >= 15 is 0 Å². The second-order valence-electron chi connectivity index (χ2n) is 9.01. The number of carbonyl (C=O) groups excluding carboxylic acids is 3. The molecule has 4 rings (SSSR count). The molecule has 0 bridgehead atoms. The molecule has 8 nitrogen and oxygen atoms in total. The summed E-state index contributed by atoms with van der Waals surface area (Å²) in [5, 5.41) is 3.17. The van der Waals surface area contributed by atoms with E-state index in [2.05, 4.69) is 10.3 Å². The lowest BCUT2D eigenvalue weighted by Crippen LogP contribution is -2.64. The van der Waals surface area contributed by atoms with Gasteiger partial charge >= 0.3 is 5.97 Å². The third kappa shape index (κ3) is 4.49. The van der Waals surface area contributed by atoms with Gasteiger partial charge in [-0.2, -0.15) is 0 Å². The monoisotopic (exact) mass is 456 g/mol. The Morgan fingerprint density at radius 2 is 1.85 bits per heavy atom. The molecule has 1 N–H and O–H groups in total. The third-order valence-corrected chi connectivity index (χ3v) is 6.67. The molecule has 2 heterocycles. The second kappa shape index (κ2) is 9.33. The van der Waals surface area contributed by atoms with Crippen LogP contribution in [0.25, 0.3) is 0 Å². The Balaban J connectivity index is 1.69. The van der Waals surface area contributed by atoms with E-state index in [-0.39, 0.29) is 42.2 Å². The van der Waals surface area contributed by atoms with Crippen molar-refractivity contribution >= 4 is 17.8 Å². The van der Waals surface area contributed by atoms with Gasteiger partial charge in [-0.3, -0.25) is 9.59 Å². The number of aromatic nitrogens is 2. The molecule has 0 spiro atoms. The Hall–Kier alpha value is -3.23. The van der Waals surface area contributed by atoms with Crippen LogP contribution < -0.4 is 5.32 Å². The maximum absolute atomic E-state index is 13.7. The largest absolute Gasteiger partial charge is 0.464 e. The van der Waals surface area contributed by atoms with Gasteiger partial charge in [0.05, 0.1) is 20.0 Å². The summed E-state index contributed by atoms with van der Waals surface area (Å²) in [7, 11) is 1.22. The first kappa shape index (κ1) is 22.9. The lowest BCUT2D eigenvalue weighted by molar-refractivity contribution is -0.134. The maximum Gasteiger partial charge on any atom is 0.359 e. The van der Waals surface area contributed by atoms with Crippen LogP contribution in [-0.2, 0) is 22.6 Å². The van der Waals surface area contributed by atoms with E-state index in [4.69, 9.17) is 4.74 Å². The van der Waals surface area contributed by atoms with Gasteiger partial charge in [0, 0.05) is 12.6 Å². The topological polar surface area (TPSA) is 93.5 Å². The molecule has 176 valence electrons. The Kier molecular flexibility index (Phi) is 6.49. The molecule has 2 aromatic rings. The average Bonchev–Trinajstić information content (AvgIpc) is 3.05. The SMILES string of the molecule is COC(=O)c1ncn2c1C(=O)N(Cc1ccc(F)cc1)[C@](C)(C(=O)NC1CCCCCC1)C2. The number of hydrogen-bond donors (Lipinski definition) is 1. The zero-order chi connectivity index (χ0) is 23.6. The highest BCUT2D eigenvalue weighted by Crippen LogP contribution is 2.31. The van der Waals surface area contributed by atoms with E-state index in [0.717, 1.165) is 38.5 Å². The van der Waals surface area contributed by atoms with Crippen LogP contribution in [0.1, 0.15) is 72.0 Å². The number of hydrogen-bond acceptors (Lipinski definition) is 5. The van der Waals surface area contributed by atoms with Crippen molar-refractivity contribution in [3.05, 3.63) is 53.4 Å². The zero-order valence-electron chi connectivity index (χ0n) is 19.0. The number of nitrogens with one attached hydrogen (secondary N) is 1. The van der Waals surface area contributed by atoms with Gasteiger partial charge in [-0.1, -0.05) is 37.8 Å². The van der Waals surface area contributed by atoms with Crippen molar-refractivity contribution in [2.45, 2.75) is 70.1 Å². The normalized spacial score (nSPS) is 21.3. The van der Waals surface area contributed by atoms with Gasteiger partial charge in [0.25, 0.3) is 5.91 Å². The van der Waals surface area contributed by atoms with Gasteiger partial charge in [0.15, 0.2) is 5.69 Å². The predicted octanol–water partition coefficient (Wildman–Crippen LogP) is 3.06. The highest BCUT2D eigenvalue weighted by molar-refractivity contribution is 6.06. The summed E-state index contributed by atoms with van der Waals surface area (Å²) >= 11 is 0. The first-order valence-corrected chi connectivity index (χ1v) is 11.3. The maximum atomic E-state index is 13.7. The van der Waals surface area contributed by atoms with Crippen LogP contribution in [0.4, 0.5) is 4.39 Å².